The molecule has 37 heavy (non-hydrogen) atoms. The summed E-state index contributed by atoms with van der Waals surface area (Å²) in [5.41, 5.74) is 4.32. The molecular formula is C27H18FN7O2. The monoisotopic (exact) mass is 491 g/mol. The summed E-state index contributed by atoms with van der Waals surface area (Å²) in [5.74, 6) is 0.264. The fraction of sp³-hybridized carbons (Fsp3) is 0. The van der Waals surface area contributed by atoms with E-state index in [4.69, 9.17) is 0 Å². The molecule has 0 saturated heterocycles. The van der Waals surface area contributed by atoms with Gasteiger partial charge in [-0.3, -0.25) is 10.1 Å². The van der Waals surface area contributed by atoms with E-state index in [0.717, 1.165) is 27.8 Å². The zero-order valence-electron chi connectivity index (χ0n) is 19.2. The number of nitrogens with zero attached hydrogens (tertiary/aromatic N) is 6. The van der Waals surface area contributed by atoms with E-state index in [0.29, 0.717) is 17.2 Å². The van der Waals surface area contributed by atoms with Gasteiger partial charge in [0.05, 0.1) is 33.7 Å². The molecule has 180 valence electrons. The third-order valence-electron chi connectivity index (χ3n) is 5.92. The van der Waals surface area contributed by atoms with Gasteiger partial charge in [-0.15, -0.1) is 0 Å². The normalized spacial score (nSPS) is 11.1. The first-order valence-corrected chi connectivity index (χ1v) is 11.3. The van der Waals surface area contributed by atoms with Crippen LogP contribution in [0, 0.1) is 15.9 Å². The number of benzene rings is 4. The van der Waals surface area contributed by atoms with Crippen LogP contribution < -0.4 is 5.32 Å². The molecule has 2 aromatic heterocycles. The van der Waals surface area contributed by atoms with Crippen LogP contribution in [-0.4, -0.2) is 29.5 Å². The maximum absolute atomic E-state index is 14.0. The summed E-state index contributed by atoms with van der Waals surface area (Å²) in [6.45, 7) is 0. The maximum atomic E-state index is 14.0. The third kappa shape index (κ3) is 4.16. The van der Waals surface area contributed by atoms with Crippen molar-refractivity contribution in [3.63, 3.8) is 0 Å². The van der Waals surface area contributed by atoms with E-state index in [1.165, 1.54) is 24.5 Å². The molecule has 0 amide bonds. The largest absolute Gasteiger partial charge is 0.353 e. The second kappa shape index (κ2) is 9.00. The number of rotatable bonds is 6. The zero-order chi connectivity index (χ0) is 25.4. The van der Waals surface area contributed by atoms with Gasteiger partial charge >= 0.3 is 0 Å². The number of hydrogen-bond acceptors (Lipinski definition) is 6. The van der Waals surface area contributed by atoms with Gasteiger partial charge in [-0.05, 0) is 54.6 Å². The van der Waals surface area contributed by atoms with Crippen molar-refractivity contribution < 1.29 is 9.31 Å². The molecule has 0 saturated carbocycles. The van der Waals surface area contributed by atoms with Crippen molar-refractivity contribution in [2.45, 2.75) is 0 Å². The van der Waals surface area contributed by atoms with E-state index in [1.807, 2.05) is 47.1 Å². The number of nitrogens with one attached hydrogen (secondary N) is 1. The molecule has 0 aliphatic carbocycles. The molecule has 9 nitrogen and oxygen atoms in total. The number of hydrogen-bond donors (Lipinski definition) is 1. The lowest BCUT2D eigenvalue weighted by Gasteiger charge is -2.10. The van der Waals surface area contributed by atoms with Crippen LogP contribution in [0.3, 0.4) is 0 Å². The molecule has 0 atom stereocenters. The van der Waals surface area contributed by atoms with Gasteiger partial charge in [-0.2, -0.15) is 10.2 Å². The van der Waals surface area contributed by atoms with Crippen LogP contribution in [0.4, 0.5) is 21.5 Å². The van der Waals surface area contributed by atoms with E-state index in [1.54, 1.807) is 41.2 Å². The number of fused-ring (bicyclic) bond motifs is 1. The van der Waals surface area contributed by atoms with Crippen molar-refractivity contribution in [3.8, 4) is 22.8 Å². The number of para-hydroxylation sites is 1. The fourth-order valence-corrected chi connectivity index (χ4v) is 4.15. The number of nitro benzene ring substituents is 1. The van der Waals surface area contributed by atoms with Gasteiger partial charge in [-0.25, -0.2) is 18.7 Å². The average molecular weight is 491 g/mol. The summed E-state index contributed by atoms with van der Waals surface area (Å²) in [4.78, 5) is 15.0. The van der Waals surface area contributed by atoms with Crippen molar-refractivity contribution in [2.75, 3.05) is 5.32 Å². The molecular weight excluding hydrogens is 473 g/mol. The van der Waals surface area contributed by atoms with Crippen LogP contribution in [0.15, 0.2) is 104 Å². The summed E-state index contributed by atoms with van der Waals surface area (Å²) in [5, 5.41) is 23.9. The smallest absolute Gasteiger partial charge is 0.269 e. The Morgan fingerprint density at radius 2 is 1.68 bits per heavy atom. The molecule has 0 spiro atoms. The Kier molecular flexibility index (Phi) is 5.38. The van der Waals surface area contributed by atoms with Crippen molar-refractivity contribution >= 4 is 28.0 Å². The molecule has 6 aromatic rings. The van der Waals surface area contributed by atoms with Gasteiger partial charge in [0.1, 0.15) is 12.1 Å². The third-order valence-corrected chi connectivity index (χ3v) is 5.92. The van der Waals surface area contributed by atoms with E-state index in [2.05, 4.69) is 20.5 Å². The lowest BCUT2D eigenvalue weighted by atomic mass is 10.1. The highest BCUT2D eigenvalue weighted by molar-refractivity contribution is 5.85. The van der Waals surface area contributed by atoms with Crippen molar-refractivity contribution in [2.24, 2.45) is 0 Å². The molecule has 0 bridgehead atoms. The predicted octanol–water partition coefficient (Wildman–Crippen LogP) is 6.06. The van der Waals surface area contributed by atoms with E-state index < -0.39 is 4.92 Å². The van der Waals surface area contributed by atoms with Gasteiger partial charge < -0.3 is 5.32 Å². The van der Waals surface area contributed by atoms with E-state index >= 15 is 0 Å². The predicted molar refractivity (Wildman–Crippen MR) is 138 cm³/mol. The minimum atomic E-state index is -0.442. The van der Waals surface area contributed by atoms with Crippen molar-refractivity contribution in [1.29, 1.82) is 0 Å². The van der Waals surface area contributed by atoms with Gasteiger partial charge in [0, 0.05) is 28.8 Å². The Morgan fingerprint density at radius 3 is 2.49 bits per heavy atom. The SMILES string of the molecule is O=[N+]([O-])c1ccc(-n2ncnc2-c2cccc(-n3ncc4cc(Nc5ccccc5F)ccc43)c2)cc1. The fourth-order valence-electron chi connectivity index (χ4n) is 4.15. The Bertz CT molecular complexity index is 1760. The summed E-state index contributed by atoms with van der Waals surface area (Å²) in [7, 11) is 0. The van der Waals surface area contributed by atoms with E-state index in [9.17, 15) is 14.5 Å². The van der Waals surface area contributed by atoms with Crippen LogP contribution in [0.2, 0.25) is 0 Å². The summed E-state index contributed by atoms with van der Waals surface area (Å²) >= 11 is 0. The summed E-state index contributed by atoms with van der Waals surface area (Å²) < 4.78 is 17.5. The lowest BCUT2D eigenvalue weighted by molar-refractivity contribution is -0.384. The second-order valence-corrected chi connectivity index (χ2v) is 8.25. The summed E-state index contributed by atoms with van der Waals surface area (Å²) in [6, 6.07) is 26.1. The molecule has 6 rings (SSSR count). The maximum Gasteiger partial charge on any atom is 0.269 e. The first kappa shape index (κ1) is 22.1. The Hall–Kier alpha value is -5.38. The Labute approximate surface area is 209 Å². The van der Waals surface area contributed by atoms with Gasteiger partial charge in [0.25, 0.3) is 5.69 Å². The van der Waals surface area contributed by atoms with Gasteiger partial charge in [0.2, 0.25) is 0 Å². The minimum absolute atomic E-state index is 0.00485. The van der Waals surface area contributed by atoms with E-state index in [-0.39, 0.29) is 11.5 Å². The standard InChI is InChI=1S/C27H18FN7O2/c28-24-6-1-2-7-25(24)32-20-8-13-26-19(14-20)16-30-33(26)23-5-3-4-18(15-23)27-29-17-31-34(27)21-9-11-22(12-10-21)35(36)37/h1-17,32H. The highest BCUT2D eigenvalue weighted by atomic mass is 19.1. The number of anilines is 2. The molecule has 0 radical (unpaired) electrons. The number of aromatic nitrogens is 5. The first-order chi connectivity index (χ1) is 18.1. The molecule has 4 aromatic carbocycles. The number of halogens is 1. The highest BCUT2D eigenvalue weighted by Crippen LogP contribution is 2.28. The van der Waals surface area contributed by atoms with Crippen molar-refractivity contribution in [1.82, 2.24) is 24.5 Å². The van der Waals surface area contributed by atoms with Crippen LogP contribution in [-0.2, 0) is 0 Å². The molecule has 1 N–H and O–H groups in total. The van der Waals surface area contributed by atoms with Crippen LogP contribution in [0.25, 0.3) is 33.7 Å². The molecule has 0 aliphatic rings. The minimum Gasteiger partial charge on any atom is -0.353 e. The molecule has 0 unspecified atom stereocenters. The lowest BCUT2D eigenvalue weighted by Crippen LogP contribution is -2.01. The van der Waals surface area contributed by atoms with Gasteiger partial charge in [-0.1, -0.05) is 24.3 Å². The average Bonchev–Trinajstić information content (AvgIpc) is 3.58. The van der Waals surface area contributed by atoms with Crippen LogP contribution >= 0.6 is 0 Å². The number of non-ortho nitro benzene ring substituents is 1. The quantitative estimate of drug-likeness (QED) is 0.224. The Balaban J connectivity index is 1.33. The highest BCUT2D eigenvalue weighted by Gasteiger charge is 2.13. The molecule has 0 fully saturated rings. The molecule has 10 heteroatoms. The van der Waals surface area contributed by atoms with Gasteiger partial charge in [0.15, 0.2) is 5.82 Å². The second-order valence-electron chi connectivity index (χ2n) is 8.25. The first-order valence-electron chi connectivity index (χ1n) is 11.3. The zero-order valence-corrected chi connectivity index (χ0v) is 19.2. The molecule has 2 heterocycles. The number of nitro groups is 1. The molecule has 0 aliphatic heterocycles. The Morgan fingerprint density at radius 1 is 0.838 bits per heavy atom. The van der Waals surface area contributed by atoms with Crippen LogP contribution in [0.1, 0.15) is 0 Å². The summed E-state index contributed by atoms with van der Waals surface area (Å²) in [6.07, 6.45) is 3.20. The topological polar surface area (TPSA) is 104 Å². The van der Waals surface area contributed by atoms with Crippen LogP contribution in [0.5, 0.6) is 0 Å². The van der Waals surface area contributed by atoms with Crippen molar-refractivity contribution in [3.05, 3.63) is 119 Å².